The van der Waals surface area contributed by atoms with Crippen LogP contribution in [0, 0.1) is 23.2 Å². The van der Waals surface area contributed by atoms with E-state index in [1.807, 2.05) is 30.3 Å². The van der Waals surface area contributed by atoms with Gasteiger partial charge < -0.3 is 9.64 Å². The summed E-state index contributed by atoms with van der Waals surface area (Å²) in [6.07, 6.45) is 2.27. The number of aryl methyl sites for hydroxylation is 1. The maximum Gasteiger partial charge on any atom is 0.410 e. The lowest BCUT2D eigenvalue weighted by Crippen LogP contribution is -2.37. The number of fused-ring (bicyclic) bond motifs is 1. The Morgan fingerprint density at radius 1 is 1.40 bits per heavy atom. The van der Waals surface area contributed by atoms with Gasteiger partial charge in [0.1, 0.15) is 17.7 Å². The molecule has 1 amide bonds. The SMILES string of the molecule is Cn1cc(C2(C#N)C3CCN(C(=O)OCc4ccccc4)CC32)nn1. The number of amides is 1. The Bertz CT molecular complexity index is 827. The Balaban J connectivity index is 1.41. The Morgan fingerprint density at radius 2 is 2.20 bits per heavy atom. The number of rotatable bonds is 3. The zero-order chi connectivity index (χ0) is 17.4. The summed E-state index contributed by atoms with van der Waals surface area (Å²) in [4.78, 5) is 14.1. The predicted octanol–water partition coefficient (Wildman–Crippen LogP) is 1.86. The summed E-state index contributed by atoms with van der Waals surface area (Å²) in [7, 11) is 1.79. The molecule has 7 heteroatoms. The minimum atomic E-state index is -0.608. The van der Waals surface area contributed by atoms with Crippen molar-refractivity contribution < 1.29 is 9.53 Å². The van der Waals surface area contributed by atoms with Crippen molar-refractivity contribution in [3.8, 4) is 6.07 Å². The maximum absolute atomic E-state index is 12.4. The average molecular weight is 337 g/mol. The molecule has 128 valence electrons. The Morgan fingerprint density at radius 3 is 2.88 bits per heavy atom. The lowest BCUT2D eigenvalue weighted by Gasteiger charge is -2.25. The molecule has 4 rings (SSSR count). The summed E-state index contributed by atoms with van der Waals surface area (Å²) in [6, 6.07) is 12.1. The van der Waals surface area contributed by atoms with Crippen LogP contribution in [0.3, 0.4) is 0 Å². The second kappa shape index (κ2) is 5.88. The lowest BCUT2D eigenvalue weighted by molar-refractivity contribution is 0.0877. The number of benzene rings is 1. The molecule has 25 heavy (non-hydrogen) atoms. The van der Waals surface area contributed by atoms with Crippen LogP contribution in [0.1, 0.15) is 17.7 Å². The first-order chi connectivity index (χ1) is 12.1. The number of likely N-dealkylation sites (tertiary alicyclic amines) is 1. The highest BCUT2D eigenvalue weighted by Crippen LogP contribution is 2.62. The number of hydrogen-bond donors (Lipinski definition) is 0. The average Bonchev–Trinajstić information content (AvgIpc) is 3.11. The number of carbonyl (C=O) groups is 1. The fourth-order valence-corrected chi connectivity index (χ4v) is 3.98. The Labute approximate surface area is 145 Å². The summed E-state index contributed by atoms with van der Waals surface area (Å²) >= 11 is 0. The molecule has 2 fully saturated rings. The Kier molecular flexibility index (Phi) is 3.68. The molecular weight excluding hydrogens is 318 g/mol. The van der Waals surface area contributed by atoms with Gasteiger partial charge in [0, 0.05) is 32.3 Å². The molecule has 1 aliphatic carbocycles. The fraction of sp³-hybridized carbons (Fsp3) is 0.444. The van der Waals surface area contributed by atoms with E-state index in [0.29, 0.717) is 18.8 Å². The molecule has 0 spiro atoms. The number of ether oxygens (including phenoxy) is 1. The van der Waals surface area contributed by atoms with Crippen molar-refractivity contribution in [1.82, 2.24) is 19.9 Å². The second-order valence-electron chi connectivity index (χ2n) is 6.75. The molecule has 2 aliphatic rings. The highest BCUT2D eigenvalue weighted by atomic mass is 16.6. The number of carbonyl (C=O) groups excluding carboxylic acids is 1. The highest BCUT2D eigenvalue weighted by molar-refractivity contribution is 5.68. The molecule has 2 heterocycles. The number of hydrogen-bond acceptors (Lipinski definition) is 5. The van der Waals surface area contributed by atoms with Crippen molar-refractivity contribution in [2.24, 2.45) is 18.9 Å². The number of nitrogens with zero attached hydrogens (tertiary/aromatic N) is 5. The van der Waals surface area contributed by atoms with Crippen LogP contribution in [-0.4, -0.2) is 39.1 Å². The van der Waals surface area contributed by atoms with E-state index in [-0.39, 0.29) is 24.5 Å². The maximum atomic E-state index is 12.4. The van der Waals surface area contributed by atoms with Crippen LogP contribution in [0.25, 0.3) is 0 Å². The van der Waals surface area contributed by atoms with E-state index >= 15 is 0 Å². The van der Waals surface area contributed by atoms with Crippen molar-refractivity contribution in [1.29, 1.82) is 5.26 Å². The van der Waals surface area contributed by atoms with E-state index in [4.69, 9.17) is 4.74 Å². The standard InChI is InChI=1S/C18H19N5O2/c1-22-10-16(20-21-22)18(12-19)14-7-8-23(9-15(14)18)17(24)25-11-13-5-3-2-4-6-13/h2-6,10,14-15H,7-9,11H2,1H3. The molecule has 1 saturated carbocycles. The quantitative estimate of drug-likeness (QED) is 0.853. The lowest BCUT2D eigenvalue weighted by atomic mass is 10.00. The molecule has 0 radical (unpaired) electrons. The molecule has 1 aromatic carbocycles. The van der Waals surface area contributed by atoms with Gasteiger partial charge in [-0.05, 0) is 17.9 Å². The third-order valence-corrected chi connectivity index (χ3v) is 5.35. The van der Waals surface area contributed by atoms with Gasteiger partial charge in [-0.2, -0.15) is 5.26 Å². The van der Waals surface area contributed by atoms with Gasteiger partial charge >= 0.3 is 6.09 Å². The normalized spacial score (nSPS) is 27.3. The van der Waals surface area contributed by atoms with Gasteiger partial charge in [-0.25, -0.2) is 4.79 Å². The monoisotopic (exact) mass is 337 g/mol. The van der Waals surface area contributed by atoms with Crippen molar-refractivity contribution in [2.75, 3.05) is 13.1 Å². The molecule has 3 atom stereocenters. The summed E-state index contributed by atoms with van der Waals surface area (Å²) in [5, 5.41) is 17.9. The van der Waals surface area contributed by atoms with Crippen LogP contribution in [0.5, 0.6) is 0 Å². The smallest absolute Gasteiger partial charge is 0.410 e. The minimum Gasteiger partial charge on any atom is -0.445 e. The van der Waals surface area contributed by atoms with E-state index < -0.39 is 5.41 Å². The van der Waals surface area contributed by atoms with E-state index in [9.17, 15) is 10.1 Å². The second-order valence-corrected chi connectivity index (χ2v) is 6.75. The van der Waals surface area contributed by atoms with Gasteiger partial charge in [0.15, 0.2) is 0 Å². The molecular formula is C18H19N5O2. The van der Waals surface area contributed by atoms with Crippen LogP contribution in [-0.2, 0) is 23.8 Å². The van der Waals surface area contributed by atoms with Gasteiger partial charge in [-0.1, -0.05) is 35.5 Å². The van der Waals surface area contributed by atoms with Crippen molar-refractivity contribution in [2.45, 2.75) is 18.4 Å². The zero-order valence-electron chi connectivity index (χ0n) is 14.0. The fourth-order valence-electron chi connectivity index (χ4n) is 3.98. The van der Waals surface area contributed by atoms with E-state index in [1.54, 1.807) is 22.8 Å². The largest absolute Gasteiger partial charge is 0.445 e. The van der Waals surface area contributed by atoms with Crippen LogP contribution in [0.2, 0.25) is 0 Å². The molecule has 3 unspecified atom stereocenters. The molecule has 0 bridgehead atoms. The topological polar surface area (TPSA) is 84.0 Å². The van der Waals surface area contributed by atoms with E-state index in [1.165, 1.54) is 0 Å². The number of nitriles is 1. The predicted molar refractivity (Wildman–Crippen MR) is 88.1 cm³/mol. The van der Waals surface area contributed by atoms with E-state index in [2.05, 4.69) is 16.4 Å². The van der Waals surface area contributed by atoms with Crippen LogP contribution < -0.4 is 0 Å². The summed E-state index contributed by atoms with van der Waals surface area (Å²) in [5.74, 6) is 0.347. The minimum absolute atomic E-state index is 0.104. The van der Waals surface area contributed by atoms with Crippen LogP contribution >= 0.6 is 0 Å². The molecule has 1 aromatic heterocycles. The van der Waals surface area contributed by atoms with Gasteiger partial charge in [-0.3, -0.25) is 4.68 Å². The first-order valence-corrected chi connectivity index (χ1v) is 8.39. The Hall–Kier alpha value is -2.88. The molecule has 1 aliphatic heterocycles. The van der Waals surface area contributed by atoms with Gasteiger partial charge in [0.25, 0.3) is 0 Å². The van der Waals surface area contributed by atoms with Crippen molar-refractivity contribution in [3.63, 3.8) is 0 Å². The summed E-state index contributed by atoms with van der Waals surface area (Å²) in [5.41, 5.74) is 1.07. The van der Waals surface area contributed by atoms with E-state index in [0.717, 1.165) is 12.0 Å². The molecule has 7 nitrogen and oxygen atoms in total. The van der Waals surface area contributed by atoms with Crippen molar-refractivity contribution >= 4 is 6.09 Å². The molecule has 0 N–H and O–H groups in total. The highest BCUT2D eigenvalue weighted by Gasteiger charge is 2.69. The first kappa shape index (κ1) is 15.6. The van der Waals surface area contributed by atoms with Gasteiger partial charge in [0.05, 0.1) is 6.07 Å². The first-order valence-electron chi connectivity index (χ1n) is 8.39. The van der Waals surface area contributed by atoms with Gasteiger partial charge in [0.2, 0.25) is 0 Å². The summed E-state index contributed by atoms with van der Waals surface area (Å²) in [6.45, 7) is 1.40. The third kappa shape index (κ3) is 2.54. The number of aromatic nitrogens is 3. The molecule has 1 saturated heterocycles. The summed E-state index contributed by atoms with van der Waals surface area (Å²) < 4.78 is 7.03. The number of piperidine rings is 1. The van der Waals surface area contributed by atoms with Gasteiger partial charge in [-0.15, -0.1) is 5.10 Å². The zero-order valence-corrected chi connectivity index (χ0v) is 14.0. The van der Waals surface area contributed by atoms with Crippen LogP contribution in [0.4, 0.5) is 4.79 Å². The molecule has 2 aromatic rings. The van der Waals surface area contributed by atoms with Crippen LogP contribution in [0.15, 0.2) is 36.5 Å². The van der Waals surface area contributed by atoms with Crippen molar-refractivity contribution in [3.05, 3.63) is 47.8 Å². The third-order valence-electron chi connectivity index (χ3n) is 5.35.